The first-order chi connectivity index (χ1) is 6.70. The second-order valence-corrected chi connectivity index (χ2v) is 4.00. The average Bonchev–Trinajstić information content (AvgIpc) is 2.17. The summed E-state index contributed by atoms with van der Waals surface area (Å²) in [7, 11) is 1.65. The van der Waals surface area contributed by atoms with E-state index >= 15 is 0 Å². The number of halogens is 1. The predicted molar refractivity (Wildman–Crippen MR) is 62.6 cm³/mol. The maximum Gasteiger partial charge on any atom is 0.128 e. The monoisotopic (exact) mass is 251 g/mol. The molecule has 0 bridgehead atoms. The lowest BCUT2D eigenvalue weighted by molar-refractivity contribution is 0.420. The molecule has 0 unspecified atom stereocenters. The Labute approximate surface area is 90.8 Å². The maximum absolute atomic E-state index is 5.75. The molecule has 0 aliphatic carbocycles. The summed E-state index contributed by atoms with van der Waals surface area (Å²) >= 11 is 3.43. The van der Waals surface area contributed by atoms with E-state index in [1.165, 1.54) is 0 Å². The molecule has 0 radical (unpaired) electrons. The largest absolute Gasteiger partial charge is 0.496 e. The van der Waals surface area contributed by atoms with Crippen molar-refractivity contribution in [3.05, 3.63) is 34.8 Å². The van der Waals surface area contributed by atoms with Crippen LogP contribution in [0.1, 0.15) is 0 Å². The Morgan fingerprint density at radius 2 is 2.00 bits per heavy atom. The molecule has 2 aromatic rings. The van der Waals surface area contributed by atoms with Gasteiger partial charge in [0.05, 0.1) is 7.11 Å². The maximum atomic E-state index is 5.75. The molecular formula is C11H10BrNO. The number of methoxy groups -OCH3 is 1. The van der Waals surface area contributed by atoms with E-state index in [2.05, 4.69) is 15.9 Å². The van der Waals surface area contributed by atoms with Crippen LogP contribution in [-0.2, 0) is 0 Å². The molecule has 2 aromatic carbocycles. The van der Waals surface area contributed by atoms with Crippen LogP contribution in [-0.4, -0.2) is 7.11 Å². The third-order valence-corrected chi connectivity index (χ3v) is 2.61. The Hall–Kier alpha value is -1.22. The van der Waals surface area contributed by atoms with Crippen molar-refractivity contribution in [1.82, 2.24) is 0 Å². The number of benzene rings is 2. The van der Waals surface area contributed by atoms with Crippen LogP contribution in [0.15, 0.2) is 34.8 Å². The second kappa shape index (κ2) is 3.50. The van der Waals surface area contributed by atoms with E-state index in [0.717, 1.165) is 26.7 Å². The third-order valence-electron chi connectivity index (χ3n) is 2.12. The van der Waals surface area contributed by atoms with Crippen molar-refractivity contribution in [3.8, 4) is 5.75 Å². The Morgan fingerprint density at radius 3 is 2.71 bits per heavy atom. The van der Waals surface area contributed by atoms with Crippen molar-refractivity contribution < 1.29 is 4.74 Å². The van der Waals surface area contributed by atoms with Gasteiger partial charge in [0.1, 0.15) is 5.75 Å². The number of ether oxygens (including phenoxy) is 1. The normalized spacial score (nSPS) is 10.4. The molecule has 0 amide bonds. The van der Waals surface area contributed by atoms with Gasteiger partial charge in [0, 0.05) is 21.6 Å². The fraction of sp³-hybridized carbons (Fsp3) is 0.0909. The number of rotatable bonds is 1. The molecule has 2 nitrogen and oxygen atoms in total. The summed E-state index contributed by atoms with van der Waals surface area (Å²) in [5.41, 5.74) is 6.47. The molecule has 0 saturated heterocycles. The molecule has 0 heterocycles. The summed E-state index contributed by atoms with van der Waals surface area (Å²) in [6.45, 7) is 0. The van der Waals surface area contributed by atoms with E-state index in [1.807, 2.05) is 30.3 Å². The van der Waals surface area contributed by atoms with E-state index in [1.54, 1.807) is 7.11 Å². The van der Waals surface area contributed by atoms with Crippen molar-refractivity contribution in [2.45, 2.75) is 0 Å². The molecule has 0 atom stereocenters. The standard InChI is InChI=1S/C11H10BrNO/c1-14-11-6-9(13)4-7-2-3-8(12)5-10(7)11/h2-6H,13H2,1H3. The fourth-order valence-corrected chi connectivity index (χ4v) is 1.85. The van der Waals surface area contributed by atoms with Gasteiger partial charge >= 0.3 is 0 Å². The number of hydrogen-bond acceptors (Lipinski definition) is 2. The van der Waals surface area contributed by atoms with E-state index in [0.29, 0.717) is 0 Å². The third kappa shape index (κ3) is 1.55. The van der Waals surface area contributed by atoms with Gasteiger partial charge in [0.2, 0.25) is 0 Å². The van der Waals surface area contributed by atoms with Gasteiger partial charge in [-0.3, -0.25) is 0 Å². The van der Waals surface area contributed by atoms with Gasteiger partial charge in [-0.15, -0.1) is 0 Å². The van der Waals surface area contributed by atoms with Gasteiger partial charge < -0.3 is 10.5 Å². The number of nitrogens with two attached hydrogens (primary N) is 1. The minimum absolute atomic E-state index is 0.719. The number of nitrogen functional groups attached to an aromatic ring is 1. The zero-order chi connectivity index (χ0) is 10.1. The Bertz CT molecular complexity index is 482. The SMILES string of the molecule is COc1cc(N)cc2ccc(Br)cc12. The van der Waals surface area contributed by atoms with Gasteiger partial charge in [0.25, 0.3) is 0 Å². The number of anilines is 1. The summed E-state index contributed by atoms with van der Waals surface area (Å²) in [6, 6.07) is 9.78. The van der Waals surface area contributed by atoms with Crippen LogP contribution in [0.25, 0.3) is 10.8 Å². The van der Waals surface area contributed by atoms with Crippen LogP contribution < -0.4 is 10.5 Å². The van der Waals surface area contributed by atoms with E-state index in [-0.39, 0.29) is 0 Å². The number of fused-ring (bicyclic) bond motifs is 1. The van der Waals surface area contributed by atoms with Crippen LogP contribution >= 0.6 is 15.9 Å². The van der Waals surface area contributed by atoms with Crippen molar-refractivity contribution in [1.29, 1.82) is 0 Å². The van der Waals surface area contributed by atoms with Crippen LogP contribution in [0, 0.1) is 0 Å². The number of hydrogen-bond donors (Lipinski definition) is 1. The van der Waals surface area contributed by atoms with E-state index in [4.69, 9.17) is 10.5 Å². The molecule has 14 heavy (non-hydrogen) atoms. The van der Waals surface area contributed by atoms with E-state index in [9.17, 15) is 0 Å². The van der Waals surface area contributed by atoms with Crippen molar-refractivity contribution in [2.24, 2.45) is 0 Å². The quantitative estimate of drug-likeness (QED) is 0.791. The highest BCUT2D eigenvalue weighted by atomic mass is 79.9. The molecule has 2 rings (SSSR count). The minimum Gasteiger partial charge on any atom is -0.496 e. The topological polar surface area (TPSA) is 35.2 Å². The smallest absolute Gasteiger partial charge is 0.128 e. The highest BCUT2D eigenvalue weighted by Gasteiger charge is 2.03. The van der Waals surface area contributed by atoms with Crippen molar-refractivity contribution in [3.63, 3.8) is 0 Å². The average molecular weight is 252 g/mol. The lowest BCUT2D eigenvalue weighted by atomic mass is 10.1. The van der Waals surface area contributed by atoms with Gasteiger partial charge in [-0.05, 0) is 23.6 Å². The molecular weight excluding hydrogens is 242 g/mol. The summed E-state index contributed by atoms with van der Waals surface area (Å²) in [5, 5.41) is 2.15. The lowest BCUT2D eigenvalue weighted by Gasteiger charge is -2.07. The Kier molecular flexibility index (Phi) is 2.33. The van der Waals surface area contributed by atoms with Gasteiger partial charge in [-0.25, -0.2) is 0 Å². The van der Waals surface area contributed by atoms with Crippen molar-refractivity contribution >= 4 is 32.4 Å². The van der Waals surface area contributed by atoms with Crippen LogP contribution in [0.2, 0.25) is 0 Å². The molecule has 0 aromatic heterocycles. The second-order valence-electron chi connectivity index (χ2n) is 3.09. The van der Waals surface area contributed by atoms with Gasteiger partial charge in [-0.1, -0.05) is 22.0 Å². The summed E-state index contributed by atoms with van der Waals surface area (Å²) < 4.78 is 6.30. The molecule has 0 aliphatic rings. The molecule has 0 aliphatic heterocycles. The van der Waals surface area contributed by atoms with E-state index < -0.39 is 0 Å². The molecule has 0 saturated carbocycles. The lowest BCUT2D eigenvalue weighted by Crippen LogP contribution is -1.89. The molecule has 0 fully saturated rings. The van der Waals surface area contributed by atoms with Crippen LogP contribution in [0.3, 0.4) is 0 Å². The summed E-state index contributed by atoms with van der Waals surface area (Å²) in [6.07, 6.45) is 0. The summed E-state index contributed by atoms with van der Waals surface area (Å²) in [5.74, 6) is 0.807. The Balaban J connectivity index is 2.81. The molecule has 2 N–H and O–H groups in total. The van der Waals surface area contributed by atoms with Gasteiger partial charge in [0.15, 0.2) is 0 Å². The molecule has 72 valence electrons. The highest BCUT2D eigenvalue weighted by Crippen LogP contribution is 2.30. The molecule has 3 heteroatoms. The zero-order valence-electron chi connectivity index (χ0n) is 7.75. The summed E-state index contributed by atoms with van der Waals surface area (Å²) in [4.78, 5) is 0. The first-order valence-electron chi connectivity index (χ1n) is 4.23. The first kappa shape index (κ1) is 9.34. The minimum atomic E-state index is 0.719. The van der Waals surface area contributed by atoms with Crippen LogP contribution in [0.4, 0.5) is 5.69 Å². The van der Waals surface area contributed by atoms with Crippen molar-refractivity contribution in [2.75, 3.05) is 12.8 Å². The predicted octanol–water partition coefficient (Wildman–Crippen LogP) is 3.19. The van der Waals surface area contributed by atoms with Crippen LogP contribution in [0.5, 0.6) is 5.75 Å². The fourth-order valence-electron chi connectivity index (χ4n) is 1.49. The highest BCUT2D eigenvalue weighted by molar-refractivity contribution is 9.10. The Morgan fingerprint density at radius 1 is 1.21 bits per heavy atom. The molecule has 0 spiro atoms. The zero-order valence-corrected chi connectivity index (χ0v) is 9.34. The van der Waals surface area contributed by atoms with Gasteiger partial charge in [-0.2, -0.15) is 0 Å². The first-order valence-corrected chi connectivity index (χ1v) is 5.03.